The van der Waals surface area contributed by atoms with Crippen molar-refractivity contribution in [3.05, 3.63) is 0 Å². The molecular weight excluding hydrogens is 200 g/mol. The Kier molecular flexibility index (Phi) is 7.96. The number of hydrogen-bond acceptors (Lipinski definition) is 3. The van der Waals surface area contributed by atoms with Gasteiger partial charge in [0, 0.05) is 23.3 Å². The van der Waals surface area contributed by atoms with Crippen LogP contribution in [-0.2, 0) is 4.79 Å². The largest absolute Gasteiger partial charge is 0.299 e. The third kappa shape index (κ3) is 8.69. The number of rotatable bonds is 7. The maximum atomic E-state index is 11.2. The minimum absolute atomic E-state index is 0.211. The van der Waals surface area contributed by atoms with Gasteiger partial charge in [-0.2, -0.15) is 0 Å². The molecule has 3 heteroatoms. The number of ketones is 1. The molecule has 0 amide bonds. The highest BCUT2D eigenvalue weighted by molar-refractivity contribution is 8.76. The van der Waals surface area contributed by atoms with Crippen LogP contribution in [0.5, 0.6) is 0 Å². The lowest BCUT2D eigenvalue weighted by Crippen LogP contribution is -2.06. The topological polar surface area (TPSA) is 17.1 Å². The number of carbonyl (C=O) groups excluding carboxylic acids is 1. The van der Waals surface area contributed by atoms with Gasteiger partial charge in [-0.25, -0.2) is 0 Å². The zero-order valence-electron chi connectivity index (χ0n) is 9.00. The zero-order chi connectivity index (χ0) is 10.3. The quantitative estimate of drug-likeness (QED) is 0.480. The fraction of sp³-hybridized carbons (Fsp3) is 0.900. The molecule has 0 N–H and O–H groups in total. The molecule has 0 radical (unpaired) electrons. The summed E-state index contributed by atoms with van der Waals surface area (Å²) in [5.41, 5.74) is 0. The Labute approximate surface area is 89.8 Å². The molecule has 0 aliphatic heterocycles. The van der Waals surface area contributed by atoms with E-state index in [-0.39, 0.29) is 5.92 Å². The molecule has 0 aromatic rings. The standard InChI is InChI=1S/C10H20OS2/c1-8(2)10(11)6-5-7-12-13-9(3)4/h8-9H,5-7H2,1-4H3. The lowest BCUT2D eigenvalue weighted by Gasteiger charge is -2.04. The van der Waals surface area contributed by atoms with E-state index in [1.807, 2.05) is 35.4 Å². The van der Waals surface area contributed by atoms with Gasteiger partial charge in [-0.1, -0.05) is 49.3 Å². The average molecular weight is 220 g/mol. The monoisotopic (exact) mass is 220 g/mol. The summed E-state index contributed by atoms with van der Waals surface area (Å²) in [6, 6.07) is 0. The van der Waals surface area contributed by atoms with Crippen LogP contribution in [0.2, 0.25) is 0 Å². The van der Waals surface area contributed by atoms with E-state index in [1.54, 1.807) is 0 Å². The van der Waals surface area contributed by atoms with Crippen LogP contribution >= 0.6 is 21.6 Å². The van der Waals surface area contributed by atoms with Gasteiger partial charge < -0.3 is 0 Å². The van der Waals surface area contributed by atoms with Crippen LogP contribution in [0.15, 0.2) is 0 Å². The first-order valence-corrected chi connectivity index (χ1v) is 7.23. The molecule has 0 atom stereocenters. The summed E-state index contributed by atoms with van der Waals surface area (Å²) in [6.45, 7) is 8.32. The summed E-state index contributed by atoms with van der Waals surface area (Å²) in [4.78, 5) is 11.2. The Morgan fingerprint density at radius 1 is 1.23 bits per heavy atom. The lowest BCUT2D eigenvalue weighted by atomic mass is 10.1. The predicted molar refractivity (Wildman–Crippen MR) is 64.3 cm³/mol. The van der Waals surface area contributed by atoms with Gasteiger partial charge in [-0.3, -0.25) is 4.79 Å². The summed E-state index contributed by atoms with van der Waals surface area (Å²) in [7, 11) is 3.78. The van der Waals surface area contributed by atoms with Gasteiger partial charge in [0.15, 0.2) is 0 Å². The Morgan fingerprint density at radius 3 is 2.31 bits per heavy atom. The second-order valence-electron chi connectivity index (χ2n) is 3.69. The Hall–Kier alpha value is 0.370. The predicted octanol–water partition coefficient (Wildman–Crippen LogP) is 3.78. The second-order valence-corrected chi connectivity index (χ2v) is 6.76. The molecule has 0 unspecified atom stereocenters. The summed E-state index contributed by atoms with van der Waals surface area (Å²) >= 11 is 0. The number of hydrogen-bond donors (Lipinski definition) is 0. The van der Waals surface area contributed by atoms with E-state index in [0.29, 0.717) is 11.0 Å². The molecule has 13 heavy (non-hydrogen) atoms. The third-order valence-corrected chi connectivity index (χ3v) is 4.59. The normalized spacial score (nSPS) is 11.2. The first kappa shape index (κ1) is 13.4. The highest BCUT2D eigenvalue weighted by Crippen LogP contribution is 2.27. The minimum Gasteiger partial charge on any atom is -0.299 e. The molecule has 0 heterocycles. The van der Waals surface area contributed by atoms with Crippen molar-refractivity contribution in [2.45, 2.75) is 45.8 Å². The summed E-state index contributed by atoms with van der Waals surface area (Å²) in [5, 5.41) is 0.686. The van der Waals surface area contributed by atoms with Gasteiger partial charge in [0.1, 0.15) is 5.78 Å². The summed E-state index contributed by atoms with van der Waals surface area (Å²) in [6.07, 6.45) is 1.78. The van der Waals surface area contributed by atoms with Crippen molar-refractivity contribution in [2.75, 3.05) is 5.75 Å². The smallest absolute Gasteiger partial charge is 0.135 e. The molecule has 0 bridgehead atoms. The maximum Gasteiger partial charge on any atom is 0.135 e. The van der Waals surface area contributed by atoms with Crippen molar-refractivity contribution in [3.8, 4) is 0 Å². The Morgan fingerprint density at radius 2 is 1.85 bits per heavy atom. The molecule has 0 aromatic carbocycles. The molecule has 0 fully saturated rings. The molecular formula is C10H20OS2. The first-order chi connectivity index (χ1) is 6.04. The minimum atomic E-state index is 0.211. The van der Waals surface area contributed by atoms with Crippen LogP contribution in [0.25, 0.3) is 0 Å². The Balaban J connectivity index is 3.21. The molecule has 0 rings (SSSR count). The van der Waals surface area contributed by atoms with E-state index in [4.69, 9.17) is 0 Å². The van der Waals surface area contributed by atoms with Crippen molar-refractivity contribution < 1.29 is 4.79 Å². The molecule has 0 aromatic heterocycles. The van der Waals surface area contributed by atoms with E-state index in [2.05, 4.69) is 13.8 Å². The average Bonchev–Trinajstić information content (AvgIpc) is 2.02. The van der Waals surface area contributed by atoms with Gasteiger partial charge >= 0.3 is 0 Å². The Bertz CT molecular complexity index is 144. The van der Waals surface area contributed by atoms with Crippen molar-refractivity contribution in [1.29, 1.82) is 0 Å². The molecule has 0 aliphatic carbocycles. The van der Waals surface area contributed by atoms with Crippen LogP contribution in [-0.4, -0.2) is 16.8 Å². The number of carbonyl (C=O) groups is 1. The van der Waals surface area contributed by atoms with Gasteiger partial charge in [0.25, 0.3) is 0 Å². The maximum absolute atomic E-state index is 11.2. The first-order valence-electron chi connectivity index (χ1n) is 4.85. The fourth-order valence-electron chi connectivity index (χ4n) is 0.778. The molecule has 0 saturated carbocycles. The van der Waals surface area contributed by atoms with Crippen LogP contribution in [0, 0.1) is 5.92 Å². The number of Topliss-reactive ketones (excluding diaryl/α,β-unsaturated/α-hetero) is 1. The highest BCUT2D eigenvalue weighted by atomic mass is 33.1. The van der Waals surface area contributed by atoms with Crippen molar-refractivity contribution >= 4 is 27.4 Å². The van der Waals surface area contributed by atoms with Crippen molar-refractivity contribution in [1.82, 2.24) is 0 Å². The highest BCUT2D eigenvalue weighted by Gasteiger charge is 2.06. The van der Waals surface area contributed by atoms with Crippen LogP contribution in [0.1, 0.15) is 40.5 Å². The molecule has 0 aliphatic rings. The second kappa shape index (κ2) is 7.74. The SMILES string of the molecule is CC(C)SSCCCC(=O)C(C)C. The van der Waals surface area contributed by atoms with E-state index in [9.17, 15) is 4.79 Å². The molecule has 1 nitrogen and oxygen atoms in total. The summed E-state index contributed by atoms with van der Waals surface area (Å²) in [5.74, 6) is 1.71. The lowest BCUT2D eigenvalue weighted by molar-refractivity contribution is -0.121. The van der Waals surface area contributed by atoms with E-state index in [1.165, 1.54) is 0 Å². The molecule has 78 valence electrons. The van der Waals surface area contributed by atoms with E-state index >= 15 is 0 Å². The van der Waals surface area contributed by atoms with E-state index in [0.717, 1.165) is 18.6 Å². The van der Waals surface area contributed by atoms with Crippen LogP contribution < -0.4 is 0 Å². The van der Waals surface area contributed by atoms with E-state index < -0.39 is 0 Å². The van der Waals surface area contributed by atoms with Gasteiger partial charge in [-0.15, -0.1) is 0 Å². The summed E-state index contributed by atoms with van der Waals surface area (Å²) < 4.78 is 0. The van der Waals surface area contributed by atoms with Crippen molar-refractivity contribution in [3.63, 3.8) is 0 Å². The zero-order valence-corrected chi connectivity index (χ0v) is 10.6. The molecule has 0 saturated heterocycles. The molecule has 0 spiro atoms. The van der Waals surface area contributed by atoms with Crippen LogP contribution in [0.4, 0.5) is 0 Å². The van der Waals surface area contributed by atoms with Gasteiger partial charge in [0.05, 0.1) is 0 Å². The van der Waals surface area contributed by atoms with Gasteiger partial charge in [0.2, 0.25) is 0 Å². The van der Waals surface area contributed by atoms with Crippen LogP contribution in [0.3, 0.4) is 0 Å². The van der Waals surface area contributed by atoms with Crippen molar-refractivity contribution in [2.24, 2.45) is 5.92 Å². The third-order valence-electron chi connectivity index (χ3n) is 1.56. The van der Waals surface area contributed by atoms with Gasteiger partial charge in [-0.05, 0) is 6.42 Å². The fourth-order valence-corrected chi connectivity index (χ4v) is 2.87.